The summed E-state index contributed by atoms with van der Waals surface area (Å²) in [4.78, 5) is 2.11. The topological polar surface area (TPSA) is 27.1 Å². The molecule has 68 valence electrons. The van der Waals surface area contributed by atoms with Crippen LogP contribution in [0.5, 0.6) is 0 Å². The van der Waals surface area contributed by atoms with E-state index in [0.717, 1.165) is 18.7 Å². The molecule has 2 rings (SSSR count). The van der Waals surface area contributed by atoms with Crippen molar-refractivity contribution in [1.29, 1.82) is 5.41 Å². The number of likely N-dealkylation sites (tertiary alicyclic amines) is 1. The molecule has 1 aromatic rings. The van der Waals surface area contributed by atoms with Crippen LogP contribution in [0.15, 0.2) is 24.3 Å². The minimum atomic E-state index is 0.685. The normalized spacial score (nSPS) is 15.3. The molecule has 0 radical (unpaired) electrons. The number of benzene rings is 1. The quantitative estimate of drug-likeness (QED) is 0.512. The first-order valence-corrected chi connectivity index (χ1v) is 4.68. The van der Waals surface area contributed by atoms with Gasteiger partial charge in [0.05, 0.1) is 0 Å². The molecule has 2 heteroatoms. The van der Waals surface area contributed by atoms with Crippen LogP contribution in [0.3, 0.4) is 0 Å². The summed E-state index contributed by atoms with van der Waals surface area (Å²) in [6, 6.07) is 8.10. The van der Waals surface area contributed by atoms with E-state index in [1.54, 1.807) is 0 Å². The van der Waals surface area contributed by atoms with Crippen molar-refractivity contribution in [3.8, 4) is 0 Å². The molecule has 1 aliphatic heterocycles. The first-order chi connectivity index (χ1) is 6.29. The fraction of sp³-hybridized carbons (Fsp3) is 0.364. The van der Waals surface area contributed by atoms with Gasteiger partial charge in [-0.15, -0.1) is 0 Å². The summed E-state index contributed by atoms with van der Waals surface area (Å²) in [5.74, 6) is 0.685. The molecule has 1 fully saturated rings. The Morgan fingerprint density at radius 2 is 2.00 bits per heavy atom. The van der Waals surface area contributed by atoms with Crippen LogP contribution in [-0.4, -0.2) is 23.8 Å². The Morgan fingerprint density at radius 1 is 1.31 bits per heavy atom. The van der Waals surface area contributed by atoms with Gasteiger partial charge in [-0.2, -0.15) is 0 Å². The van der Waals surface area contributed by atoms with E-state index in [0.29, 0.717) is 5.84 Å². The van der Waals surface area contributed by atoms with Gasteiger partial charge in [0, 0.05) is 18.7 Å². The predicted octanol–water partition coefficient (Wildman–Crippen LogP) is 2.03. The molecule has 1 saturated heterocycles. The molecular formula is C11H14N2. The molecule has 0 bridgehead atoms. The number of nitrogens with one attached hydrogen (secondary N) is 1. The van der Waals surface area contributed by atoms with Gasteiger partial charge in [0.2, 0.25) is 0 Å². The Balaban J connectivity index is 2.24. The number of aryl methyl sites for hydroxylation is 1. The molecule has 13 heavy (non-hydrogen) atoms. The molecule has 0 aliphatic carbocycles. The van der Waals surface area contributed by atoms with Crippen LogP contribution < -0.4 is 0 Å². The van der Waals surface area contributed by atoms with Gasteiger partial charge in [0.1, 0.15) is 5.84 Å². The summed E-state index contributed by atoms with van der Waals surface area (Å²) in [7, 11) is 0. The van der Waals surface area contributed by atoms with E-state index in [1.165, 1.54) is 12.0 Å². The molecule has 0 unspecified atom stereocenters. The average molecular weight is 174 g/mol. The SMILES string of the molecule is Cc1ccccc1C(=N)N1CCC1. The lowest BCUT2D eigenvalue weighted by atomic mass is 10.1. The summed E-state index contributed by atoms with van der Waals surface area (Å²) >= 11 is 0. The lowest BCUT2D eigenvalue weighted by Crippen LogP contribution is -2.42. The number of nitrogens with zero attached hydrogens (tertiary/aromatic N) is 1. The van der Waals surface area contributed by atoms with Crippen LogP contribution in [0.2, 0.25) is 0 Å². The molecule has 0 saturated carbocycles. The second kappa shape index (κ2) is 3.21. The molecule has 2 nitrogen and oxygen atoms in total. The Morgan fingerprint density at radius 3 is 2.54 bits per heavy atom. The Hall–Kier alpha value is -1.31. The third-order valence-corrected chi connectivity index (χ3v) is 2.57. The first kappa shape index (κ1) is 8.30. The van der Waals surface area contributed by atoms with Crippen molar-refractivity contribution in [3.63, 3.8) is 0 Å². The number of rotatable bonds is 1. The van der Waals surface area contributed by atoms with Crippen molar-refractivity contribution >= 4 is 5.84 Å². The average Bonchev–Trinajstić information content (AvgIpc) is 2.01. The van der Waals surface area contributed by atoms with Gasteiger partial charge >= 0.3 is 0 Å². The second-order valence-corrected chi connectivity index (χ2v) is 3.50. The van der Waals surface area contributed by atoms with Crippen molar-refractivity contribution in [1.82, 2.24) is 4.90 Å². The third-order valence-electron chi connectivity index (χ3n) is 2.57. The largest absolute Gasteiger partial charge is 0.356 e. The minimum Gasteiger partial charge on any atom is -0.356 e. The molecule has 1 heterocycles. The van der Waals surface area contributed by atoms with Crippen molar-refractivity contribution < 1.29 is 0 Å². The lowest BCUT2D eigenvalue weighted by molar-refractivity contribution is 0.299. The van der Waals surface area contributed by atoms with Crippen molar-refractivity contribution in [2.45, 2.75) is 13.3 Å². The van der Waals surface area contributed by atoms with Crippen LogP contribution >= 0.6 is 0 Å². The van der Waals surface area contributed by atoms with E-state index in [2.05, 4.69) is 17.9 Å². The zero-order valence-corrected chi connectivity index (χ0v) is 7.88. The van der Waals surface area contributed by atoms with Gasteiger partial charge in [-0.1, -0.05) is 24.3 Å². The van der Waals surface area contributed by atoms with Crippen molar-refractivity contribution in [2.75, 3.05) is 13.1 Å². The monoisotopic (exact) mass is 174 g/mol. The summed E-state index contributed by atoms with van der Waals surface area (Å²) in [6.45, 7) is 4.16. The molecule has 0 spiro atoms. The molecule has 0 amide bonds. The maximum absolute atomic E-state index is 7.95. The Kier molecular flexibility index (Phi) is 2.05. The highest BCUT2D eigenvalue weighted by Crippen LogP contribution is 2.14. The van der Waals surface area contributed by atoms with E-state index in [1.807, 2.05) is 18.2 Å². The smallest absolute Gasteiger partial charge is 0.128 e. The number of hydrogen-bond acceptors (Lipinski definition) is 1. The fourth-order valence-corrected chi connectivity index (χ4v) is 1.55. The third kappa shape index (κ3) is 1.44. The minimum absolute atomic E-state index is 0.685. The Labute approximate surface area is 78.7 Å². The van der Waals surface area contributed by atoms with Gasteiger partial charge in [0.15, 0.2) is 0 Å². The van der Waals surface area contributed by atoms with E-state index in [-0.39, 0.29) is 0 Å². The highest BCUT2D eigenvalue weighted by Gasteiger charge is 2.18. The number of amidine groups is 1. The lowest BCUT2D eigenvalue weighted by Gasteiger charge is -2.33. The highest BCUT2D eigenvalue weighted by molar-refractivity contribution is 5.98. The molecule has 1 aromatic carbocycles. The predicted molar refractivity (Wildman–Crippen MR) is 54.2 cm³/mol. The maximum atomic E-state index is 7.95. The molecule has 1 N–H and O–H groups in total. The van der Waals surface area contributed by atoms with E-state index < -0.39 is 0 Å². The molecule has 0 atom stereocenters. The zero-order chi connectivity index (χ0) is 9.26. The van der Waals surface area contributed by atoms with E-state index >= 15 is 0 Å². The molecule has 0 aromatic heterocycles. The maximum Gasteiger partial charge on any atom is 0.128 e. The first-order valence-electron chi connectivity index (χ1n) is 4.68. The summed E-state index contributed by atoms with van der Waals surface area (Å²) in [5, 5.41) is 7.95. The van der Waals surface area contributed by atoms with Crippen LogP contribution in [0, 0.1) is 12.3 Å². The second-order valence-electron chi connectivity index (χ2n) is 3.50. The Bertz CT molecular complexity index is 327. The van der Waals surface area contributed by atoms with Crippen LogP contribution in [0.25, 0.3) is 0 Å². The van der Waals surface area contributed by atoms with Crippen LogP contribution in [-0.2, 0) is 0 Å². The van der Waals surface area contributed by atoms with Crippen LogP contribution in [0.4, 0.5) is 0 Å². The zero-order valence-electron chi connectivity index (χ0n) is 7.88. The van der Waals surface area contributed by atoms with Crippen molar-refractivity contribution in [2.24, 2.45) is 0 Å². The van der Waals surface area contributed by atoms with Crippen LogP contribution in [0.1, 0.15) is 17.5 Å². The van der Waals surface area contributed by atoms with Gasteiger partial charge in [0.25, 0.3) is 0 Å². The summed E-state index contributed by atoms with van der Waals surface area (Å²) in [6.07, 6.45) is 1.23. The van der Waals surface area contributed by atoms with Gasteiger partial charge in [-0.3, -0.25) is 5.41 Å². The standard InChI is InChI=1S/C11H14N2/c1-9-5-2-3-6-10(9)11(12)13-7-4-8-13/h2-3,5-6,12H,4,7-8H2,1H3. The summed E-state index contributed by atoms with van der Waals surface area (Å²) in [5.41, 5.74) is 2.27. The van der Waals surface area contributed by atoms with Gasteiger partial charge < -0.3 is 4.90 Å². The fourth-order valence-electron chi connectivity index (χ4n) is 1.55. The van der Waals surface area contributed by atoms with E-state index in [9.17, 15) is 0 Å². The highest BCUT2D eigenvalue weighted by atomic mass is 15.2. The van der Waals surface area contributed by atoms with Gasteiger partial charge in [-0.25, -0.2) is 0 Å². The molecular weight excluding hydrogens is 160 g/mol. The molecule has 1 aliphatic rings. The van der Waals surface area contributed by atoms with E-state index in [4.69, 9.17) is 5.41 Å². The van der Waals surface area contributed by atoms with Gasteiger partial charge in [-0.05, 0) is 18.9 Å². The summed E-state index contributed by atoms with van der Waals surface area (Å²) < 4.78 is 0. The number of hydrogen-bond donors (Lipinski definition) is 1. The van der Waals surface area contributed by atoms with Crippen molar-refractivity contribution in [3.05, 3.63) is 35.4 Å².